The van der Waals surface area contributed by atoms with Crippen molar-refractivity contribution in [2.45, 2.75) is 6.92 Å². The van der Waals surface area contributed by atoms with Crippen molar-refractivity contribution in [2.75, 3.05) is 0 Å². The van der Waals surface area contributed by atoms with Crippen LogP contribution >= 0.6 is 11.8 Å². The van der Waals surface area contributed by atoms with Crippen molar-refractivity contribution >= 4 is 22.7 Å². The van der Waals surface area contributed by atoms with Crippen molar-refractivity contribution < 1.29 is 9.59 Å². The van der Waals surface area contributed by atoms with Gasteiger partial charge in [-0.15, -0.1) is 0 Å². The minimum atomic E-state index is -0.0768. The summed E-state index contributed by atoms with van der Waals surface area (Å²) < 4.78 is 0. The summed E-state index contributed by atoms with van der Waals surface area (Å²) in [6.07, 6.45) is 4.24. The number of hydrogen-bond acceptors (Lipinski definition) is 3. The van der Waals surface area contributed by atoms with Crippen LogP contribution in [0.3, 0.4) is 0 Å². The Labute approximate surface area is 63.0 Å². The second kappa shape index (κ2) is 2.84. The second-order valence-electron chi connectivity index (χ2n) is 1.77. The first-order valence-electron chi connectivity index (χ1n) is 2.84. The van der Waals surface area contributed by atoms with Crippen molar-refractivity contribution in [1.29, 1.82) is 0 Å². The van der Waals surface area contributed by atoms with Gasteiger partial charge >= 0.3 is 0 Å². The lowest BCUT2D eigenvalue weighted by Crippen LogP contribution is -2.03. The van der Waals surface area contributed by atoms with E-state index in [9.17, 15) is 9.59 Å². The van der Waals surface area contributed by atoms with Crippen LogP contribution in [0.1, 0.15) is 6.92 Å². The topological polar surface area (TPSA) is 34.1 Å². The van der Waals surface area contributed by atoms with Gasteiger partial charge in [0.05, 0.1) is 4.91 Å². The first-order chi connectivity index (χ1) is 4.74. The largest absolute Gasteiger partial charge is 0.289 e. The third-order valence-corrected chi connectivity index (χ3v) is 2.08. The van der Waals surface area contributed by atoms with E-state index in [0.717, 1.165) is 11.8 Å². The molecule has 1 heterocycles. The minimum Gasteiger partial charge on any atom is -0.289 e. The summed E-state index contributed by atoms with van der Waals surface area (Å²) in [6, 6.07) is 0. The maximum absolute atomic E-state index is 10.8. The average molecular weight is 154 g/mol. The zero-order valence-corrected chi connectivity index (χ0v) is 6.27. The van der Waals surface area contributed by atoms with Gasteiger partial charge in [-0.05, 0) is 30.8 Å². The molecule has 0 fully saturated rings. The van der Waals surface area contributed by atoms with Crippen molar-refractivity contribution in [1.82, 2.24) is 0 Å². The molecule has 0 aliphatic carbocycles. The molecule has 3 heteroatoms. The molecule has 0 unspecified atom stereocenters. The van der Waals surface area contributed by atoms with E-state index in [4.69, 9.17) is 0 Å². The summed E-state index contributed by atoms with van der Waals surface area (Å²) in [4.78, 5) is 22.0. The van der Waals surface area contributed by atoms with E-state index in [1.54, 1.807) is 13.0 Å². The molecule has 0 atom stereocenters. The molecule has 0 saturated carbocycles. The van der Waals surface area contributed by atoms with E-state index in [-0.39, 0.29) is 10.9 Å². The molecule has 2 nitrogen and oxygen atoms in total. The molecule has 0 amide bonds. The lowest BCUT2D eigenvalue weighted by Gasteiger charge is -2.02. The molecule has 0 aromatic carbocycles. The summed E-state index contributed by atoms with van der Waals surface area (Å²) in [5.74, 6) is -0.0768. The Hall–Kier alpha value is -0.830. The van der Waals surface area contributed by atoms with E-state index >= 15 is 0 Å². The maximum atomic E-state index is 10.8. The zero-order valence-electron chi connectivity index (χ0n) is 5.46. The number of carbonyl (C=O) groups is 2. The molecule has 0 aromatic rings. The summed E-state index contributed by atoms with van der Waals surface area (Å²) in [6.45, 7) is 1.74. The van der Waals surface area contributed by atoms with Crippen LogP contribution in [0.4, 0.5) is 0 Å². The van der Waals surface area contributed by atoms with Gasteiger partial charge in [-0.3, -0.25) is 9.59 Å². The molecular weight excluding hydrogens is 148 g/mol. The fourth-order valence-electron chi connectivity index (χ4n) is 0.620. The standard InChI is InChI=1S/C7H6O2S/c1-2-6-5(8)3-4-7(9)10-6/h2-4H,1H3/b6-2-. The maximum Gasteiger partial charge on any atom is 0.217 e. The van der Waals surface area contributed by atoms with E-state index in [2.05, 4.69) is 0 Å². The Morgan fingerprint density at radius 3 is 2.60 bits per heavy atom. The highest BCUT2D eigenvalue weighted by Crippen LogP contribution is 2.22. The van der Waals surface area contributed by atoms with Crippen LogP contribution in [0, 0.1) is 0 Å². The third-order valence-electron chi connectivity index (χ3n) is 1.09. The molecule has 0 N–H and O–H groups in total. The Balaban J connectivity index is 2.92. The number of carbonyl (C=O) groups excluding carboxylic acids is 2. The van der Waals surface area contributed by atoms with Gasteiger partial charge in [0.15, 0.2) is 5.78 Å². The number of ketones is 1. The van der Waals surface area contributed by atoms with Crippen LogP contribution < -0.4 is 0 Å². The van der Waals surface area contributed by atoms with Crippen LogP contribution in [0.5, 0.6) is 0 Å². The highest BCUT2D eigenvalue weighted by Gasteiger charge is 2.14. The number of allylic oxidation sites excluding steroid dienone is 3. The van der Waals surface area contributed by atoms with Gasteiger partial charge < -0.3 is 0 Å². The minimum absolute atomic E-state index is 0.0762. The summed E-state index contributed by atoms with van der Waals surface area (Å²) >= 11 is 0.980. The number of hydrogen-bond donors (Lipinski definition) is 0. The van der Waals surface area contributed by atoms with Crippen LogP contribution in [-0.2, 0) is 9.59 Å². The summed E-state index contributed by atoms with van der Waals surface area (Å²) in [7, 11) is 0. The van der Waals surface area contributed by atoms with Gasteiger partial charge in [0.1, 0.15) is 0 Å². The van der Waals surface area contributed by atoms with Gasteiger partial charge in [-0.2, -0.15) is 0 Å². The Kier molecular flexibility index (Phi) is 2.06. The monoisotopic (exact) mass is 154 g/mol. The van der Waals surface area contributed by atoms with Crippen molar-refractivity contribution in [3.8, 4) is 0 Å². The van der Waals surface area contributed by atoms with Gasteiger partial charge in [0, 0.05) is 0 Å². The van der Waals surface area contributed by atoms with Crippen LogP contribution in [0.25, 0.3) is 0 Å². The van der Waals surface area contributed by atoms with Gasteiger partial charge in [0.25, 0.3) is 0 Å². The molecule has 0 bridgehead atoms. The fourth-order valence-corrected chi connectivity index (χ4v) is 1.26. The predicted octanol–water partition coefficient (Wildman–Crippen LogP) is 1.29. The van der Waals surface area contributed by atoms with Gasteiger partial charge in [-0.1, -0.05) is 6.08 Å². The Morgan fingerprint density at radius 1 is 1.40 bits per heavy atom. The summed E-state index contributed by atoms with van der Waals surface area (Å²) in [5.41, 5.74) is 0. The van der Waals surface area contributed by atoms with Crippen molar-refractivity contribution in [3.63, 3.8) is 0 Å². The third kappa shape index (κ3) is 1.36. The quantitative estimate of drug-likeness (QED) is 0.493. The Morgan fingerprint density at radius 2 is 2.10 bits per heavy atom. The van der Waals surface area contributed by atoms with Gasteiger partial charge in [0.2, 0.25) is 5.12 Å². The van der Waals surface area contributed by atoms with E-state index in [1.165, 1.54) is 12.2 Å². The molecular formula is C7H6O2S. The SMILES string of the molecule is C/C=C1\SC(=O)C=CC1=O. The molecule has 10 heavy (non-hydrogen) atoms. The molecule has 0 spiro atoms. The second-order valence-corrected chi connectivity index (χ2v) is 2.82. The molecule has 52 valence electrons. The molecule has 1 aliphatic heterocycles. The molecule has 1 aliphatic rings. The lowest BCUT2D eigenvalue weighted by atomic mass is 10.3. The highest BCUT2D eigenvalue weighted by molar-refractivity contribution is 8.18. The van der Waals surface area contributed by atoms with Crippen LogP contribution in [-0.4, -0.2) is 10.9 Å². The molecule has 1 rings (SSSR count). The first-order valence-corrected chi connectivity index (χ1v) is 3.66. The summed E-state index contributed by atoms with van der Waals surface area (Å²) in [5, 5.41) is -0.0762. The van der Waals surface area contributed by atoms with Gasteiger partial charge in [-0.25, -0.2) is 0 Å². The fraction of sp³-hybridized carbons (Fsp3) is 0.143. The lowest BCUT2D eigenvalue weighted by molar-refractivity contribution is -0.112. The van der Waals surface area contributed by atoms with E-state index in [1.807, 2.05) is 0 Å². The predicted molar refractivity (Wildman–Crippen MR) is 40.5 cm³/mol. The van der Waals surface area contributed by atoms with Crippen LogP contribution in [0.2, 0.25) is 0 Å². The molecule has 0 radical (unpaired) electrons. The zero-order chi connectivity index (χ0) is 7.56. The number of thioether (sulfide) groups is 1. The molecule has 0 aromatic heterocycles. The number of rotatable bonds is 0. The van der Waals surface area contributed by atoms with Crippen molar-refractivity contribution in [3.05, 3.63) is 23.1 Å². The van der Waals surface area contributed by atoms with E-state index in [0.29, 0.717) is 4.91 Å². The smallest absolute Gasteiger partial charge is 0.217 e. The Bertz CT molecular complexity index is 238. The molecule has 0 saturated heterocycles. The highest BCUT2D eigenvalue weighted by atomic mass is 32.2. The van der Waals surface area contributed by atoms with Crippen LogP contribution in [0.15, 0.2) is 23.1 Å². The van der Waals surface area contributed by atoms with E-state index < -0.39 is 0 Å². The average Bonchev–Trinajstić information content (AvgIpc) is 1.94. The van der Waals surface area contributed by atoms with Crippen molar-refractivity contribution in [2.24, 2.45) is 0 Å². The first kappa shape index (κ1) is 7.28. The normalized spacial score (nSPS) is 22.3.